The second kappa shape index (κ2) is 10.1. The number of aromatic nitrogens is 1. The Hall–Kier alpha value is -3.28. The molecule has 6 rings (SSSR count). The summed E-state index contributed by atoms with van der Waals surface area (Å²) < 4.78 is 16.8. The average Bonchev–Trinajstić information content (AvgIpc) is 3.85. The molecule has 0 amide bonds. The molecule has 1 heterocycles. The van der Waals surface area contributed by atoms with Crippen LogP contribution in [0.2, 0.25) is 10.0 Å². The predicted octanol–water partition coefficient (Wildman–Crippen LogP) is 8.47. The van der Waals surface area contributed by atoms with Crippen molar-refractivity contribution in [3.8, 4) is 17.0 Å². The van der Waals surface area contributed by atoms with E-state index in [1.54, 1.807) is 12.1 Å². The van der Waals surface area contributed by atoms with Crippen molar-refractivity contribution >= 4 is 29.2 Å². The number of ether oxygens (including phenoxy) is 2. The molecule has 0 aliphatic heterocycles. The summed E-state index contributed by atoms with van der Waals surface area (Å²) in [6.07, 6.45) is 3.26. The van der Waals surface area contributed by atoms with Gasteiger partial charge in [0.05, 0.1) is 28.3 Å². The summed E-state index contributed by atoms with van der Waals surface area (Å²) in [6, 6.07) is 19.5. The van der Waals surface area contributed by atoms with Gasteiger partial charge in [-0.25, -0.2) is 4.79 Å². The van der Waals surface area contributed by atoms with E-state index >= 15 is 0 Å². The number of hydrogen-bond donors (Lipinski definition) is 0. The van der Waals surface area contributed by atoms with Crippen LogP contribution in [-0.4, -0.2) is 18.2 Å². The van der Waals surface area contributed by atoms with Gasteiger partial charge in [-0.3, -0.25) is 0 Å². The van der Waals surface area contributed by atoms with E-state index in [0.717, 1.165) is 36.3 Å². The number of benzene rings is 3. The van der Waals surface area contributed by atoms with Crippen LogP contribution in [0.1, 0.15) is 75.4 Å². The minimum absolute atomic E-state index is 0.312. The highest BCUT2D eigenvalue weighted by Gasteiger charge is 2.40. The molecule has 194 valence electrons. The highest BCUT2D eigenvalue weighted by molar-refractivity contribution is 6.39. The Morgan fingerprint density at radius 2 is 1.76 bits per heavy atom. The SMILES string of the molecule is COC(=O)c1ccc(C2CC2c2ccc(OCc3c(-c4c(Cl)cccc4Cl)noc3C3CC3)cc2C)cc1. The first-order chi connectivity index (χ1) is 18.4. The fraction of sp³-hybridized carbons (Fsp3) is 0.290. The summed E-state index contributed by atoms with van der Waals surface area (Å²) in [4.78, 5) is 11.7. The Balaban J connectivity index is 1.18. The number of carbonyl (C=O) groups is 1. The number of aryl methyl sites for hydroxylation is 1. The summed E-state index contributed by atoms with van der Waals surface area (Å²) in [6.45, 7) is 2.45. The average molecular weight is 548 g/mol. The van der Waals surface area contributed by atoms with Gasteiger partial charge in [0, 0.05) is 11.5 Å². The van der Waals surface area contributed by atoms with Crippen LogP contribution in [0, 0.1) is 6.92 Å². The Bertz CT molecular complexity index is 1490. The second-order valence-electron chi connectivity index (χ2n) is 10.1. The molecule has 2 unspecified atom stereocenters. The van der Waals surface area contributed by atoms with E-state index in [0.29, 0.717) is 51.2 Å². The molecule has 1 aromatic heterocycles. The van der Waals surface area contributed by atoms with Gasteiger partial charge in [0.2, 0.25) is 0 Å². The number of esters is 1. The highest BCUT2D eigenvalue weighted by Crippen LogP contribution is 2.55. The molecule has 0 radical (unpaired) electrons. The topological polar surface area (TPSA) is 61.6 Å². The monoisotopic (exact) mass is 547 g/mol. The molecule has 0 saturated heterocycles. The van der Waals surface area contributed by atoms with Crippen molar-refractivity contribution in [1.82, 2.24) is 5.16 Å². The van der Waals surface area contributed by atoms with Crippen LogP contribution >= 0.6 is 23.2 Å². The maximum atomic E-state index is 11.7. The second-order valence-corrected chi connectivity index (χ2v) is 10.9. The number of rotatable bonds is 8. The Kier molecular flexibility index (Phi) is 6.67. The largest absolute Gasteiger partial charge is 0.489 e. The molecule has 5 nitrogen and oxygen atoms in total. The van der Waals surface area contributed by atoms with Crippen LogP contribution in [0.25, 0.3) is 11.3 Å². The zero-order valence-corrected chi connectivity index (χ0v) is 22.7. The molecule has 0 bridgehead atoms. The van der Waals surface area contributed by atoms with Gasteiger partial charge >= 0.3 is 5.97 Å². The zero-order chi connectivity index (χ0) is 26.4. The smallest absolute Gasteiger partial charge is 0.337 e. The summed E-state index contributed by atoms with van der Waals surface area (Å²) in [5, 5.41) is 5.42. The predicted molar refractivity (Wildman–Crippen MR) is 147 cm³/mol. The van der Waals surface area contributed by atoms with Gasteiger partial charge in [-0.1, -0.05) is 52.6 Å². The molecular formula is C31H27Cl2NO4. The van der Waals surface area contributed by atoms with E-state index < -0.39 is 0 Å². The zero-order valence-electron chi connectivity index (χ0n) is 21.2. The first-order valence-electron chi connectivity index (χ1n) is 12.8. The summed E-state index contributed by atoms with van der Waals surface area (Å²) in [5.74, 6) is 2.63. The van der Waals surface area contributed by atoms with Crippen molar-refractivity contribution in [3.63, 3.8) is 0 Å². The van der Waals surface area contributed by atoms with Crippen molar-refractivity contribution in [3.05, 3.63) is 104 Å². The lowest BCUT2D eigenvalue weighted by Crippen LogP contribution is -2.01. The molecule has 4 aromatic rings. The van der Waals surface area contributed by atoms with Gasteiger partial charge in [0.1, 0.15) is 23.8 Å². The summed E-state index contributed by atoms with van der Waals surface area (Å²) >= 11 is 13.0. The van der Waals surface area contributed by atoms with Crippen LogP contribution in [0.5, 0.6) is 5.75 Å². The van der Waals surface area contributed by atoms with E-state index in [1.807, 2.05) is 36.4 Å². The third-order valence-electron chi connectivity index (χ3n) is 7.54. The fourth-order valence-electron chi connectivity index (χ4n) is 5.25. The lowest BCUT2D eigenvalue weighted by molar-refractivity contribution is 0.0600. The van der Waals surface area contributed by atoms with Gasteiger partial charge < -0.3 is 14.0 Å². The van der Waals surface area contributed by atoms with Gasteiger partial charge in [-0.05, 0) is 91.1 Å². The Morgan fingerprint density at radius 1 is 1.03 bits per heavy atom. The third kappa shape index (κ3) is 4.81. The molecule has 0 spiro atoms. The van der Waals surface area contributed by atoms with Crippen molar-refractivity contribution in [2.45, 2.75) is 50.5 Å². The van der Waals surface area contributed by atoms with E-state index in [-0.39, 0.29) is 5.97 Å². The lowest BCUT2D eigenvalue weighted by atomic mass is 9.99. The van der Waals surface area contributed by atoms with Gasteiger partial charge in [0.25, 0.3) is 0 Å². The molecular weight excluding hydrogens is 521 g/mol. The maximum absolute atomic E-state index is 11.7. The van der Waals surface area contributed by atoms with Gasteiger partial charge in [0.15, 0.2) is 0 Å². The molecule has 2 saturated carbocycles. The fourth-order valence-corrected chi connectivity index (χ4v) is 5.83. The molecule has 2 aliphatic carbocycles. The molecule has 7 heteroatoms. The van der Waals surface area contributed by atoms with Crippen LogP contribution in [0.3, 0.4) is 0 Å². The first kappa shape index (κ1) is 25.0. The number of methoxy groups -OCH3 is 1. The first-order valence-corrected chi connectivity index (χ1v) is 13.5. The maximum Gasteiger partial charge on any atom is 0.337 e. The van der Waals surface area contributed by atoms with Crippen LogP contribution in [0.15, 0.2) is 65.2 Å². The van der Waals surface area contributed by atoms with Gasteiger partial charge in [-0.2, -0.15) is 0 Å². The molecule has 2 aliphatic rings. The van der Waals surface area contributed by atoms with Crippen LogP contribution in [-0.2, 0) is 11.3 Å². The van der Waals surface area contributed by atoms with Crippen molar-refractivity contribution in [1.29, 1.82) is 0 Å². The highest BCUT2D eigenvalue weighted by atomic mass is 35.5. The van der Waals surface area contributed by atoms with E-state index in [2.05, 4.69) is 24.2 Å². The van der Waals surface area contributed by atoms with E-state index in [4.69, 9.17) is 37.2 Å². The lowest BCUT2D eigenvalue weighted by Gasteiger charge is -2.12. The minimum Gasteiger partial charge on any atom is -0.489 e. The Labute approximate surface area is 231 Å². The number of carbonyl (C=O) groups excluding carboxylic acids is 1. The number of halogens is 2. The third-order valence-corrected chi connectivity index (χ3v) is 8.17. The van der Waals surface area contributed by atoms with Gasteiger partial charge in [-0.15, -0.1) is 0 Å². The molecule has 0 N–H and O–H groups in total. The number of nitrogens with zero attached hydrogens (tertiary/aromatic N) is 1. The molecule has 2 fully saturated rings. The Morgan fingerprint density at radius 3 is 2.42 bits per heavy atom. The van der Waals surface area contributed by atoms with Crippen molar-refractivity contribution < 1.29 is 18.8 Å². The molecule has 3 aromatic carbocycles. The van der Waals surface area contributed by atoms with E-state index in [1.165, 1.54) is 23.8 Å². The van der Waals surface area contributed by atoms with Crippen LogP contribution in [0.4, 0.5) is 0 Å². The van der Waals surface area contributed by atoms with Crippen molar-refractivity contribution in [2.24, 2.45) is 0 Å². The number of hydrogen-bond acceptors (Lipinski definition) is 5. The standard InChI is InChI=1S/C31H27Cl2NO4/c1-17-14-21(12-13-22(17)24-15-23(24)18-6-10-20(11-7-18)31(35)36-2)37-16-25-29(34-38-30(25)19-8-9-19)28-26(32)4-3-5-27(28)33/h3-7,10-14,19,23-24H,8-9,15-16H2,1-2H3. The minimum atomic E-state index is -0.312. The molecule has 38 heavy (non-hydrogen) atoms. The van der Waals surface area contributed by atoms with Crippen LogP contribution < -0.4 is 4.74 Å². The normalized spacial score (nSPS) is 18.3. The summed E-state index contributed by atoms with van der Waals surface area (Å²) in [7, 11) is 1.40. The van der Waals surface area contributed by atoms with E-state index in [9.17, 15) is 4.79 Å². The van der Waals surface area contributed by atoms with Crippen molar-refractivity contribution in [2.75, 3.05) is 7.11 Å². The summed E-state index contributed by atoms with van der Waals surface area (Å²) in [5.41, 5.74) is 6.57. The molecule has 2 atom stereocenters. The quantitative estimate of drug-likeness (QED) is 0.207.